The molecule has 1 saturated heterocycles. The smallest absolute Gasteiger partial charge is 0.223 e. The number of para-hydroxylation sites is 1. The van der Waals surface area contributed by atoms with Crippen molar-refractivity contribution in [1.29, 1.82) is 0 Å². The van der Waals surface area contributed by atoms with Gasteiger partial charge in [-0.2, -0.15) is 0 Å². The summed E-state index contributed by atoms with van der Waals surface area (Å²) in [7, 11) is 4.00. The van der Waals surface area contributed by atoms with Crippen molar-refractivity contribution in [3.05, 3.63) is 30.3 Å². The van der Waals surface area contributed by atoms with Gasteiger partial charge in [0.15, 0.2) is 0 Å². The summed E-state index contributed by atoms with van der Waals surface area (Å²) in [5, 5.41) is 0. The highest BCUT2D eigenvalue weighted by Gasteiger charge is 2.20. The molecule has 1 aromatic rings. The first-order valence-corrected chi connectivity index (χ1v) is 6.89. The molecule has 0 radical (unpaired) electrons. The number of hydrogen-bond acceptors (Lipinski definition) is 3. The first kappa shape index (κ1) is 13.9. The Balaban J connectivity index is 1.81. The van der Waals surface area contributed by atoms with Crippen LogP contribution in [0.25, 0.3) is 0 Å². The predicted molar refractivity (Wildman–Crippen MR) is 78.4 cm³/mol. The van der Waals surface area contributed by atoms with E-state index in [2.05, 4.69) is 34.1 Å². The number of piperazine rings is 1. The van der Waals surface area contributed by atoms with Gasteiger partial charge in [-0.25, -0.2) is 0 Å². The van der Waals surface area contributed by atoms with Crippen molar-refractivity contribution >= 4 is 11.6 Å². The normalized spacial score (nSPS) is 15.9. The summed E-state index contributed by atoms with van der Waals surface area (Å²) in [6, 6.07) is 10.4. The monoisotopic (exact) mass is 261 g/mol. The van der Waals surface area contributed by atoms with Crippen LogP contribution in [0, 0.1) is 0 Å². The Labute approximate surface area is 115 Å². The number of benzene rings is 1. The molecule has 1 heterocycles. The van der Waals surface area contributed by atoms with E-state index in [9.17, 15) is 4.79 Å². The highest BCUT2D eigenvalue weighted by molar-refractivity contribution is 5.76. The van der Waals surface area contributed by atoms with Gasteiger partial charge in [-0.15, -0.1) is 0 Å². The lowest BCUT2D eigenvalue weighted by Gasteiger charge is -2.36. The Hall–Kier alpha value is -1.55. The Kier molecular flexibility index (Phi) is 4.80. The maximum Gasteiger partial charge on any atom is 0.223 e. The van der Waals surface area contributed by atoms with E-state index in [4.69, 9.17) is 0 Å². The number of rotatable bonds is 4. The maximum absolute atomic E-state index is 12.0. The zero-order valence-corrected chi connectivity index (χ0v) is 11.9. The molecule has 0 aromatic heterocycles. The van der Waals surface area contributed by atoms with Crippen LogP contribution in [0.2, 0.25) is 0 Å². The fourth-order valence-corrected chi connectivity index (χ4v) is 2.33. The third kappa shape index (κ3) is 3.96. The summed E-state index contributed by atoms with van der Waals surface area (Å²) in [6.45, 7) is 4.36. The molecule has 4 heteroatoms. The van der Waals surface area contributed by atoms with Gasteiger partial charge in [0.2, 0.25) is 5.91 Å². The van der Waals surface area contributed by atoms with E-state index in [0.717, 1.165) is 32.7 Å². The summed E-state index contributed by atoms with van der Waals surface area (Å²) < 4.78 is 0. The highest BCUT2D eigenvalue weighted by atomic mass is 16.2. The third-order valence-electron chi connectivity index (χ3n) is 3.53. The molecule has 19 heavy (non-hydrogen) atoms. The van der Waals surface area contributed by atoms with Crippen molar-refractivity contribution < 1.29 is 4.79 Å². The molecule has 104 valence electrons. The van der Waals surface area contributed by atoms with Gasteiger partial charge in [-0.3, -0.25) is 4.79 Å². The second-order valence-corrected chi connectivity index (χ2v) is 5.26. The number of carbonyl (C=O) groups excluding carboxylic acids is 1. The van der Waals surface area contributed by atoms with Crippen LogP contribution in [0.1, 0.15) is 6.42 Å². The first-order valence-electron chi connectivity index (χ1n) is 6.89. The molecule has 1 fully saturated rings. The summed E-state index contributed by atoms with van der Waals surface area (Å²) in [4.78, 5) is 18.4. The van der Waals surface area contributed by atoms with Crippen molar-refractivity contribution in [2.24, 2.45) is 0 Å². The lowest BCUT2D eigenvalue weighted by atomic mass is 10.2. The minimum absolute atomic E-state index is 0.279. The Morgan fingerprint density at radius 1 is 1.11 bits per heavy atom. The van der Waals surface area contributed by atoms with Crippen LogP contribution in [0.5, 0.6) is 0 Å². The number of hydrogen-bond donors (Lipinski definition) is 0. The third-order valence-corrected chi connectivity index (χ3v) is 3.53. The largest absolute Gasteiger partial charge is 0.368 e. The minimum Gasteiger partial charge on any atom is -0.368 e. The van der Waals surface area contributed by atoms with Gasteiger partial charge in [-0.05, 0) is 26.2 Å². The molecule has 1 aliphatic rings. The van der Waals surface area contributed by atoms with Crippen molar-refractivity contribution in [3.63, 3.8) is 0 Å². The van der Waals surface area contributed by atoms with Crippen LogP contribution in [-0.2, 0) is 4.79 Å². The van der Waals surface area contributed by atoms with Crippen LogP contribution >= 0.6 is 0 Å². The van der Waals surface area contributed by atoms with Gasteiger partial charge in [-0.1, -0.05) is 18.2 Å². The lowest BCUT2D eigenvalue weighted by molar-refractivity contribution is -0.131. The van der Waals surface area contributed by atoms with E-state index in [0.29, 0.717) is 6.42 Å². The van der Waals surface area contributed by atoms with Crippen molar-refractivity contribution in [1.82, 2.24) is 9.80 Å². The Morgan fingerprint density at radius 2 is 1.74 bits per heavy atom. The van der Waals surface area contributed by atoms with E-state index < -0.39 is 0 Å². The zero-order valence-electron chi connectivity index (χ0n) is 11.9. The molecule has 0 atom stereocenters. The Bertz CT molecular complexity index is 397. The summed E-state index contributed by atoms with van der Waals surface area (Å²) in [5.74, 6) is 0.279. The molecule has 0 saturated carbocycles. The van der Waals surface area contributed by atoms with E-state index >= 15 is 0 Å². The quantitative estimate of drug-likeness (QED) is 0.817. The van der Waals surface area contributed by atoms with E-state index in [-0.39, 0.29) is 5.91 Å². The van der Waals surface area contributed by atoms with Gasteiger partial charge < -0.3 is 14.7 Å². The molecule has 0 N–H and O–H groups in total. The fourth-order valence-electron chi connectivity index (χ4n) is 2.33. The van der Waals surface area contributed by atoms with Crippen molar-refractivity contribution in [2.75, 3.05) is 51.7 Å². The molecule has 1 amide bonds. The molecule has 2 rings (SSSR count). The van der Waals surface area contributed by atoms with Gasteiger partial charge in [0.1, 0.15) is 0 Å². The number of nitrogens with zero attached hydrogens (tertiary/aromatic N) is 3. The molecule has 1 aromatic carbocycles. The van der Waals surface area contributed by atoms with Crippen LogP contribution in [-0.4, -0.2) is 62.5 Å². The Morgan fingerprint density at radius 3 is 2.32 bits per heavy atom. The average molecular weight is 261 g/mol. The van der Waals surface area contributed by atoms with Crippen LogP contribution in [0.4, 0.5) is 5.69 Å². The molecule has 4 nitrogen and oxygen atoms in total. The summed E-state index contributed by atoms with van der Waals surface area (Å²) in [5.41, 5.74) is 1.25. The lowest BCUT2D eigenvalue weighted by Crippen LogP contribution is -2.49. The predicted octanol–water partition coefficient (Wildman–Crippen LogP) is 1.29. The second-order valence-electron chi connectivity index (χ2n) is 5.26. The topological polar surface area (TPSA) is 26.8 Å². The number of amides is 1. The zero-order chi connectivity index (χ0) is 13.7. The summed E-state index contributed by atoms with van der Waals surface area (Å²) >= 11 is 0. The molecule has 0 spiro atoms. The fraction of sp³-hybridized carbons (Fsp3) is 0.533. The minimum atomic E-state index is 0.279. The molecular formula is C15H23N3O. The van der Waals surface area contributed by atoms with Gasteiger partial charge in [0.25, 0.3) is 0 Å². The summed E-state index contributed by atoms with van der Waals surface area (Å²) in [6.07, 6.45) is 0.623. The van der Waals surface area contributed by atoms with Gasteiger partial charge >= 0.3 is 0 Å². The van der Waals surface area contributed by atoms with Crippen molar-refractivity contribution in [2.45, 2.75) is 6.42 Å². The number of anilines is 1. The van der Waals surface area contributed by atoms with Gasteiger partial charge in [0.05, 0.1) is 0 Å². The van der Waals surface area contributed by atoms with Crippen LogP contribution in [0.3, 0.4) is 0 Å². The number of carbonyl (C=O) groups is 1. The van der Waals surface area contributed by atoms with Gasteiger partial charge in [0, 0.05) is 44.8 Å². The second kappa shape index (κ2) is 6.57. The SMILES string of the molecule is CN(C)CCC(=O)N1CCN(c2ccccc2)CC1. The molecule has 0 unspecified atom stereocenters. The van der Waals surface area contributed by atoms with Crippen molar-refractivity contribution in [3.8, 4) is 0 Å². The average Bonchev–Trinajstić information content (AvgIpc) is 2.46. The first-order chi connectivity index (χ1) is 9.16. The highest BCUT2D eigenvalue weighted by Crippen LogP contribution is 2.15. The standard InChI is InChI=1S/C15H23N3O/c1-16(2)9-8-15(19)18-12-10-17(11-13-18)14-6-4-3-5-7-14/h3-7H,8-13H2,1-2H3. The molecule has 0 aliphatic carbocycles. The molecule has 1 aliphatic heterocycles. The van der Waals surface area contributed by atoms with Crippen LogP contribution in [0.15, 0.2) is 30.3 Å². The van der Waals surface area contributed by atoms with Crippen LogP contribution < -0.4 is 4.90 Å². The van der Waals surface area contributed by atoms with E-state index in [1.54, 1.807) is 0 Å². The maximum atomic E-state index is 12.0. The van der Waals surface area contributed by atoms with E-state index in [1.165, 1.54) is 5.69 Å². The molecular weight excluding hydrogens is 238 g/mol. The van der Waals surface area contributed by atoms with E-state index in [1.807, 2.05) is 25.1 Å². The molecule has 0 bridgehead atoms.